The molecule has 1 radical (unpaired) electrons. The lowest BCUT2D eigenvalue weighted by Gasteiger charge is -2.07. The van der Waals surface area contributed by atoms with E-state index < -0.39 is 0 Å². The van der Waals surface area contributed by atoms with Crippen molar-refractivity contribution in [3.63, 3.8) is 0 Å². The fourth-order valence-electron chi connectivity index (χ4n) is 0.111. The van der Waals surface area contributed by atoms with Gasteiger partial charge in [-0.15, -0.1) is 0 Å². The lowest BCUT2D eigenvalue weighted by atomic mass is 10.1. The van der Waals surface area contributed by atoms with Gasteiger partial charge in [0.15, 0.2) is 0 Å². The highest BCUT2D eigenvalue weighted by Crippen LogP contribution is 2.02. The molecule has 0 aliphatic carbocycles. The van der Waals surface area contributed by atoms with Crippen molar-refractivity contribution in [1.82, 2.24) is 0 Å². The molecule has 0 saturated carbocycles. The highest BCUT2D eigenvalue weighted by molar-refractivity contribution is 4.50. The normalized spacial score (nSPS) is 15.0. The molecule has 0 spiro atoms. The van der Waals surface area contributed by atoms with E-state index in [0.717, 1.165) is 0 Å². The van der Waals surface area contributed by atoms with Crippen molar-refractivity contribution in [2.45, 2.75) is 26.9 Å². The molecule has 0 aliphatic rings. The maximum Gasteiger partial charge on any atom is 0.0957 e. The summed E-state index contributed by atoms with van der Waals surface area (Å²) in [6, 6.07) is 0. The van der Waals surface area contributed by atoms with E-state index in [1.54, 1.807) is 6.92 Å². The van der Waals surface area contributed by atoms with Crippen LogP contribution in [0.15, 0.2) is 0 Å². The van der Waals surface area contributed by atoms with Crippen molar-refractivity contribution < 1.29 is 10.1 Å². The molecule has 2 heteroatoms. The summed E-state index contributed by atoms with van der Waals surface area (Å²) in [5.41, 5.74) is 0. The van der Waals surface area contributed by atoms with Crippen LogP contribution in [0.1, 0.15) is 20.8 Å². The smallest absolute Gasteiger partial charge is 0.0957 e. The molecule has 0 aliphatic heterocycles. The fraction of sp³-hybridized carbons (Fsp3) is 1.00. The first kappa shape index (κ1) is 6.92. The van der Waals surface area contributed by atoms with Gasteiger partial charge < -0.3 is 0 Å². The molecule has 0 amide bonds. The van der Waals surface area contributed by atoms with E-state index in [9.17, 15) is 5.26 Å². The number of hydrogen-bond acceptors (Lipinski definition) is 1. The highest BCUT2D eigenvalue weighted by atomic mass is 17.1. The van der Waals surface area contributed by atoms with Gasteiger partial charge in [0.05, 0.1) is 6.10 Å². The maximum absolute atomic E-state index is 9.57. The summed E-state index contributed by atoms with van der Waals surface area (Å²) >= 11 is 0. The van der Waals surface area contributed by atoms with Gasteiger partial charge in [0.25, 0.3) is 0 Å². The molecule has 0 aromatic rings. The Hall–Kier alpha value is -0.0800. The van der Waals surface area contributed by atoms with E-state index in [4.69, 9.17) is 0 Å². The summed E-state index contributed by atoms with van der Waals surface area (Å²) in [6.45, 7) is 5.66. The van der Waals surface area contributed by atoms with E-state index in [2.05, 4.69) is 4.89 Å². The predicted octanol–water partition coefficient (Wildman–Crippen LogP) is 1.39. The zero-order valence-corrected chi connectivity index (χ0v) is 4.97. The van der Waals surface area contributed by atoms with Gasteiger partial charge in [-0.3, -0.25) is 0 Å². The second-order valence-electron chi connectivity index (χ2n) is 2.05. The molecule has 0 bridgehead atoms. The van der Waals surface area contributed by atoms with Gasteiger partial charge in [-0.1, -0.05) is 13.8 Å². The molecule has 0 aromatic heterocycles. The van der Waals surface area contributed by atoms with Crippen LogP contribution in [0.4, 0.5) is 0 Å². The van der Waals surface area contributed by atoms with Gasteiger partial charge in [-0.2, -0.15) is 0 Å². The van der Waals surface area contributed by atoms with Crippen LogP contribution in [-0.2, 0) is 10.1 Å². The molecule has 7 heavy (non-hydrogen) atoms. The minimum Gasteiger partial charge on any atom is -0.201 e. The number of rotatable bonds is 2. The van der Waals surface area contributed by atoms with Gasteiger partial charge in [0.1, 0.15) is 0 Å². The van der Waals surface area contributed by atoms with Crippen LogP contribution in [0.2, 0.25) is 0 Å². The first-order chi connectivity index (χ1) is 3.18. The first-order valence-electron chi connectivity index (χ1n) is 2.47. The van der Waals surface area contributed by atoms with Crippen molar-refractivity contribution in [1.29, 1.82) is 0 Å². The molecule has 43 valence electrons. The van der Waals surface area contributed by atoms with Gasteiger partial charge >= 0.3 is 0 Å². The molecular formula is C5H11O2. The van der Waals surface area contributed by atoms with Crippen molar-refractivity contribution in [2.24, 2.45) is 5.92 Å². The third kappa shape index (κ3) is 2.60. The Morgan fingerprint density at radius 2 is 1.71 bits per heavy atom. The Balaban J connectivity index is 3.14. The Morgan fingerprint density at radius 3 is 1.71 bits per heavy atom. The van der Waals surface area contributed by atoms with Crippen molar-refractivity contribution >= 4 is 0 Å². The van der Waals surface area contributed by atoms with Crippen LogP contribution in [0.25, 0.3) is 0 Å². The van der Waals surface area contributed by atoms with Crippen LogP contribution >= 0.6 is 0 Å². The Bertz CT molecular complexity index is 43.3. The molecule has 0 N–H and O–H groups in total. The molecule has 0 heterocycles. The summed E-state index contributed by atoms with van der Waals surface area (Å²) in [7, 11) is 0. The van der Waals surface area contributed by atoms with Crippen LogP contribution < -0.4 is 0 Å². The lowest BCUT2D eigenvalue weighted by molar-refractivity contribution is -0.338. The van der Waals surface area contributed by atoms with E-state index in [-0.39, 0.29) is 6.10 Å². The largest absolute Gasteiger partial charge is 0.201 e. The van der Waals surface area contributed by atoms with Crippen LogP contribution in [-0.4, -0.2) is 6.10 Å². The predicted molar refractivity (Wildman–Crippen MR) is 26.1 cm³/mol. The van der Waals surface area contributed by atoms with Gasteiger partial charge in [0, 0.05) is 0 Å². The maximum atomic E-state index is 9.57. The monoisotopic (exact) mass is 103 g/mol. The summed E-state index contributed by atoms with van der Waals surface area (Å²) in [5.74, 6) is 0.331. The minimum absolute atomic E-state index is 0.153. The van der Waals surface area contributed by atoms with Gasteiger partial charge in [-0.25, -0.2) is 4.89 Å². The Kier molecular flexibility index (Phi) is 2.96. The Morgan fingerprint density at radius 1 is 1.29 bits per heavy atom. The summed E-state index contributed by atoms with van der Waals surface area (Å²) in [5, 5.41) is 9.57. The van der Waals surface area contributed by atoms with Crippen molar-refractivity contribution in [2.75, 3.05) is 0 Å². The average molecular weight is 103 g/mol. The molecular weight excluding hydrogens is 92.1 g/mol. The van der Waals surface area contributed by atoms with Crippen molar-refractivity contribution in [3.05, 3.63) is 0 Å². The third-order valence-corrected chi connectivity index (χ3v) is 1.09. The fourth-order valence-corrected chi connectivity index (χ4v) is 0.111. The van der Waals surface area contributed by atoms with Gasteiger partial charge in [-0.05, 0) is 18.1 Å². The molecule has 0 rings (SSSR count). The van der Waals surface area contributed by atoms with Crippen molar-refractivity contribution in [3.8, 4) is 0 Å². The van der Waals surface area contributed by atoms with Crippen LogP contribution in [0, 0.1) is 5.92 Å². The molecule has 0 saturated heterocycles. The Labute approximate surface area is 44.0 Å². The molecule has 1 unspecified atom stereocenters. The highest BCUT2D eigenvalue weighted by Gasteiger charge is 2.05. The number of hydrogen-bond donors (Lipinski definition) is 0. The molecule has 2 nitrogen and oxygen atoms in total. The zero-order chi connectivity index (χ0) is 5.86. The van der Waals surface area contributed by atoms with E-state index in [1.165, 1.54) is 0 Å². The van der Waals surface area contributed by atoms with E-state index >= 15 is 0 Å². The molecule has 0 aromatic carbocycles. The van der Waals surface area contributed by atoms with E-state index in [0.29, 0.717) is 5.92 Å². The first-order valence-corrected chi connectivity index (χ1v) is 2.47. The van der Waals surface area contributed by atoms with E-state index in [1.807, 2.05) is 13.8 Å². The molecule has 1 atom stereocenters. The summed E-state index contributed by atoms with van der Waals surface area (Å²) in [4.78, 5) is 3.76. The second kappa shape index (κ2) is 2.99. The van der Waals surface area contributed by atoms with Crippen LogP contribution in [0.5, 0.6) is 0 Å². The minimum atomic E-state index is -0.153. The van der Waals surface area contributed by atoms with Crippen LogP contribution in [0.3, 0.4) is 0 Å². The quantitative estimate of drug-likeness (QED) is 0.383. The SMILES string of the molecule is CC(C)C(C)O[O]. The zero-order valence-electron chi connectivity index (χ0n) is 4.97. The summed E-state index contributed by atoms with van der Waals surface area (Å²) in [6.07, 6.45) is -0.153. The lowest BCUT2D eigenvalue weighted by Crippen LogP contribution is -2.11. The topological polar surface area (TPSA) is 29.1 Å². The summed E-state index contributed by atoms with van der Waals surface area (Å²) < 4.78 is 0. The third-order valence-electron chi connectivity index (χ3n) is 1.09. The molecule has 0 fully saturated rings. The standard InChI is InChI=1S/C5H11O2/c1-4(2)5(3)7-6/h4-5H,1-3H3. The average Bonchev–Trinajstić information content (AvgIpc) is 1.65. The van der Waals surface area contributed by atoms with Gasteiger partial charge in [0.2, 0.25) is 0 Å². The second-order valence-corrected chi connectivity index (χ2v) is 2.05.